The highest BCUT2D eigenvalue weighted by Crippen LogP contribution is 2.33. The molecule has 0 radical (unpaired) electrons. The summed E-state index contributed by atoms with van der Waals surface area (Å²) in [6.07, 6.45) is 1.56. The smallest absolute Gasteiger partial charge is 0.228 e. The molecule has 1 amide bonds. The number of carbonyl (C=O) groups excluding carboxylic acids is 1. The lowest BCUT2D eigenvalue weighted by atomic mass is 9.97. The highest BCUT2D eigenvalue weighted by molar-refractivity contribution is 5.85. The molecule has 0 unspecified atom stereocenters. The van der Waals surface area contributed by atoms with Gasteiger partial charge in [-0.3, -0.25) is 4.79 Å². The Kier molecular flexibility index (Phi) is 4.19. The van der Waals surface area contributed by atoms with Crippen LogP contribution in [0.1, 0.15) is 23.5 Å². The van der Waals surface area contributed by atoms with Crippen LogP contribution in [0.3, 0.4) is 0 Å². The Balaban J connectivity index is 2.14. The number of aliphatic hydroxyl groups is 3. The van der Waals surface area contributed by atoms with Gasteiger partial charge in [-0.25, -0.2) is 0 Å². The topological polar surface area (TPSA) is 89.8 Å². The molecule has 1 aromatic rings. The normalized spacial score (nSPS) is 18.2. The van der Waals surface area contributed by atoms with E-state index in [0.717, 1.165) is 17.5 Å². The maximum Gasteiger partial charge on any atom is 0.228 e. The highest BCUT2D eigenvalue weighted by Gasteiger charge is 2.35. The monoisotopic (exact) mass is 265 g/mol. The second-order valence-corrected chi connectivity index (χ2v) is 5.03. The van der Waals surface area contributed by atoms with E-state index in [1.807, 2.05) is 24.3 Å². The average Bonchev–Trinajstić information content (AvgIpc) is 2.89. The summed E-state index contributed by atoms with van der Waals surface area (Å²) in [4.78, 5) is 12.3. The summed E-state index contributed by atoms with van der Waals surface area (Å²) in [6, 6.07) is 7.76. The van der Waals surface area contributed by atoms with Crippen LogP contribution in [0.4, 0.5) is 0 Å². The van der Waals surface area contributed by atoms with Gasteiger partial charge in [0.15, 0.2) is 0 Å². The number of nitrogens with one attached hydrogen (secondary N) is 1. The number of hydrogen-bond donors (Lipinski definition) is 4. The van der Waals surface area contributed by atoms with Gasteiger partial charge in [-0.05, 0) is 24.0 Å². The van der Waals surface area contributed by atoms with Gasteiger partial charge in [0.25, 0.3) is 0 Å². The largest absolute Gasteiger partial charge is 0.394 e. The molecular weight excluding hydrogens is 246 g/mol. The van der Waals surface area contributed by atoms with Crippen molar-refractivity contribution in [1.82, 2.24) is 5.32 Å². The van der Waals surface area contributed by atoms with Gasteiger partial charge < -0.3 is 20.6 Å². The van der Waals surface area contributed by atoms with E-state index in [1.54, 1.807) is 0 Å². The van der Waals surface area contributed by atoms with Crippen LogP contribution in [-0.4, -0.2) is 46.6 Å². The molecule has 0 spiro atoms. The molecule has 0 heterocycles. The van der Waals surface area contributed by atoms with E-state index in [2.05, 4.69) is 5.32 Å². The molecule has 2 rings (SSSR count). The summed E-state index contributed by atoms with van der Waals surface area (Å²) < 4.78 is 0. The molecule has 5 heteroatoms. The van der Waals surface area contributed by atoms with Gasteiger partial charge in [-0.2, -0.15) is 0 Å². The first kappa shape index (κ1) is 14.0. The zero-order valence-electron chi connectivity index (χ0n) is 10.7. The first-order chi connectivity index (χ1) is 9.15. The third-order valence-electron chi connectivity index (χ3n) is 3.75. The molecule has 1 aromatic carbocycles. The van der Waals surface area contributed by atoms with Gasteiger partial charge in [-0.1, -0.05) is 24.3 Å². The number of carbonyl (C=O) groups is 1. The lowest BCUT2D eigenvalue weighted by Crippen LogP contribution is -2.57. The molecule has 0 fully saturated rings. The summed E-state index contributed by atoms with van der Waals surface area (Å²) in [6.45, 7) is -1.50. The van der Waals surface area contributed by atoms with Crippen LogP contribution in [0, 0.1) is 0 Å². The van der Waals surface area contributed by atoms with Crippen molar-refractivity contribution >= 4 is 5.91 Å². The van der Waals surface area contributed by atoms with Crippen molar-refractivity contribution in [2.75, 3.05) is 19.8 Å². The van der Waals surface area contributed by atoms with Gasteiger partial charge >= 0.3 is 0 Å². The standard InChI is InChI=1S/C14H19NO4/c16-7-14(8-17,9-18)15-13(19)12-6-5-10-3-1-2-4-11(10)12/h1-4,12,16-18H,5-9H2,(H,15,19)/t12-/m1/s1. The Morgan fingerprint density at radius 2 is 1.84 bits per heavy atom. The van der Waals surface area contributed by atoms with Crippen molar-refractivity contribution in [3.63, 3.8) is 0 Å². The molecule has 1 aliphatic carbocycles. The molecular formula is C14H19NO4. The zero-order valence-corrected chi connectivity index (χ0v) is 10.7. The van der Waals surface area contributed by atoms with Crippen molar-refractivity contribution in [2.24, 2.45) is 0 Å². The number of benzene rings is 1. The molecule has 0 bridgehead atoms. The van der Waals surface area contributed by atoms with E-state index in [1.165, 1.54) is 0 Å². The molecule has 0 aromatic heterocycles. The first-order valence-corrected chi connectivity index (χ1v) is 6.38. The molecule has 0 saturated carbocycles. The Morgan fingerprint density at radius 1 is 1.21 bits per heavy atom. The number of aryl methyl sites for hydroxylation is 1. The van der Waals surface area contributed by atoms with Gasteiger partial charge in [0.1, 0.15) is 5.54 Å². The number of amides is 1. The van der Waals surface area contributed by atoms with Gasteiger partial charge in [0.2, 0.25) is 5.91 Å². The summed E-state index contributed by atoms with van der Waals surface area (Å²) in [7, 11) is 0. The van der Waals surface area contributed by atoms with Crippen LogP contribution in [0.2, 0.25) is 0 Å². The summed E-state index contributed by atoms with van der Waals surface area (Å²) >= 11 is 0. The summed E-state index contributed by atoms with van der Waals surface area (Å²) in [5.41, 5.74) is 0.794. The van der Waals surface area contributed by atoms with Crippen molar-refractivity contribution in [3.05, 3.63) is 35.4 Å². The van der Waals surface area contributed by atoms with E-state index >= 15 is 0 Å². The lowest BCUT2D eigenvalue weighted by molar-refractivity contribution is -0.126. The van der Waals surface area contributed by atoms with Crippen molar-refractivity contribution in [1.29, 1.82) is 0 Å². The number of aliphatic hydroxyl groups excluding tert-OH is 3. The number of fused-ring (bicyclic) bond motifs is 1. The molecule has 5 nitrogen and oxygen atoms in total. The van der Waals surface area contributed by atoms with Crippen molar-refractivity contribution < 1.29 is 20.1 Å². The van der Waals surface area contributed by atoms with E-state index < -0.39 is 25.4 Å². The minimum Gasteiger partial charge on any atom is -0.394 e. The van der Waals surface area contributed by atoms with Gasteiger partial charge in [-0.15, -0.1) is 0 Å². The fourth-order valence-corrected chi connectivity index (χ4v) is 2.45. The third-order valence-corrected chi connectivity index (χ3v) is 3.75. The maximum absolute atomic E-state index is 12.3. The summed E-state index contributed by atoms with van der Waals surface area (Å²) in [5, 5.41) is 30.3. The van der Waals surface area contributed by atoms with Crippen LogP contribution in [0.25, 0.3) is 0 Å². The molecule has 0 aliphatic heterocycles. The Bertz CT molecular complexity index is 448. The van der Waals surface area contributed by atoms with Gasteiger partial charge in [0.05, 0.1) is 25.7 Å². The second kappa shape index (κ2) is 5.69. The van der Waals surface area contributed by atoms with Crippen LogP contribution in [-0.2, 0) is 11.2 Å². The molecule has 19 heavy (non-hydrogen) atoms. The average molecular weight is 265 g/mol. The van der Waals surface area contributed by atoms with Crippen LogP contribution in [0.5, 0.6) is 0 Å². The molecule has 0 saturated heterocycles. The predicted molar refractivity (Wildman–Crippen MR) is 69.6 cm³/mol. The predicted octanol–water partition coefficient (Wildman–Crippen LogP) is -0.452. The molecule has 1 aliphatic rings. The van der Waals surface area contributed by atoms with E-state index in [0.29, 0.717) is 6.42 Å². The highest BCUT2D eigenvalue weighted by atomic mass is 16.3. The fraction of sp³-hybridized carbons (Fsp3) is 0.500. The van der Waals surface area contributed by atoms with Crippen LogP contribution in [0.15, 0.2) is 24.3 Å². The third kappa shape index (κ3) is 2.63. The molecule has 1 atom stereocenters. The van der Waals surface area contributed by atoms with Gasteiger partial charge in [0, 0.05) is 0 Å². The Morgan fingerprint density at radius 3 is 2.47 bits per heavy atom. The first-order valence-electron chi connectivity index (χ1n) is 6.38. The van der Waals surface area contributed by atoms with Crippen molar-refractivity contribution in [2.45, 2.75) is 24.3 Å². The minimum atomic E-state index is -1.35. The van der Waals surface area contributed by atoms with E-state index in [4.69, 9.17) is 0 Å². The Labute approximate surface area is 111 Å². The zero-order chi connectivity index (χ0) is 13.9. The van der Waals surface area contributed by atoms with E-state index in [-0.39, 0.29) is 11.8 Å². The maximum atomic E-state index is 12.3. The molecule has 4 N–H and O–H groups in total. The fourth-order valence-electron chi connectivity index (χ4n) is 2.45. The minimum absolute atomic E-state index is 0.262. The van der Waals surface area contributed by atoms with E-state index in [9.17, 15) is 20.1 Å². The summed E-state index contributed by atoms with van der Waals surface area (Å²) in [5.74, 6) is -0.540. The SMILES string of the molecule is O=C(NC(CO)(CO)CO)[C@@H]1CCc2ccccc21. The number of hydrogen-bond acceptors (Lipinski definition) is 4. The Hall–Kier alpha value is -1.43. The quantitative estimate of drug-likeness (QED) is 0.580. The van der Waals surface area contributed by atoms with Crippen molar-refractivity contribution in [3.8, 4) is 0 Å². The lowest BCUT2D eigenvalue weighted by Gasteiger charge is -2.30. The van der Waals surface area contributed by atoms with Crippen LogP contribution < -0.4 is 5.32 Å². The number of rotatable bonds is 5. The van der Waals surface area contributed by atoms with Crippen LogP contribution >= 0.6 is 0 Å². The molecule has 104 valence electrons. The second-order valence-electron chi connectivity index (χ2n) is 5.03.